The Labute approximate surface area is 217 Å². The highest BCUT2D eigenvalue weighted by atomic mass is 32.2. The smallest absolute Gasteiger partial charge is 0.335 e. The normalized spacial score (nSPS) is 19.2. The summed E-state index contributed by atoms with van der Waals surface area (Å²) >= 11 is 0. The van der Waals surface area contributed by atoms with E-state index in [0.29, 0.717) is 19.6 Å². The summed E-state index contributed by atoms with van der Waals surface area (Å²) < 4.78 is 28.5. The van der Waals surface area contributed by atoms with E-state index < -0.39 is 16.0 Å². The molecule has 1 heterocycles. The highest BCUT2D eigenvalue weighted by molar-refractivity contribution is 7.89. The van der Waals surface area contributed by atoms with Crippen molar-refractivity contribution in [2.24, 2.45) is 5.92 Å². The number of hydrogen-bond donors (Lipinski definition) is 2. The van der Waals surface area contributed by atoms with Crippen LogP contribution in [-0.4, -0.2) is 43.4 Å². The van der Waals surface area contributed by atoms with Crippen LogP contribution in [-0.2, 0) is 10.0 Å². The molecule has 3 atom stereocenters. The second-order valence-electron chi connectivity index (χ2n) is 9.63. The second kappa shape index (κ2) is 10.5. The number of rotatable bonds is 8. The van der Waals surface area contributed by atoms with Crippen LogP contribution in [0.4, 0.5) is 0 Å². The fourth-order valence-corrected chi connectivity index (χ4v) is 6.82. The lowest BCUT2D eigenvalue weighted by molar-refractivity contribution is 0.0696. The molecule has 0 aliphatic carbocycles. The molecule has 6 nitrogen and oxygen atoms in total. The number of aromatic carboxylic acids is 1. The summed E-state index contributed by atoms with van der Waals surface area (Å²) in [5.74, 6) is -0.963. The van der Waals surface area contributed by atoms with Gasteiger partial charge in [0.2, 0.25) is 10.0 Å². The lowest BCUT2D eigenvalue weighted by Gasteiger charge is -2.23. The summed E-state index contributed by atoms with van der Waals surface area (Å²) in [4.78, 5) is 11.3. The minimum absolute atomic E-state index is 0.0430. The Hall–Kier alpha value is -3.52. The average Bonchev–Trinajstić information content (AvgIpc) is 3.37. The molecule has 0 amide bonds. The molecule has 1 aliphatic rings. The van der Waals surface area contributed by atoms with Crippen molar-refractivity contribution in [3.63, 3.8) is 0 Å². The molecule has 7 heteroatoms. The second-order valence-corrected chi connectivity index (χ2v) is 11.6. The first-order valence-corrected chi connectivity index (χ1v) is 13.9. The molecule has 4 aromatic rings. The Kier molecular flexibility index (Phi) is 7.11. The molecule has 0 saturated carbocycles. The van der Waals surface area contributed by atoms with E-state index in [9.17, 15) is 13.2 Å². The largest absolute Gasteiger partial charge is 0.478 e. The maximum absolute atomic E-state index is 13.5. The summed E-state index contributed by atoms with van der Waals surface area (Å²) in [5.41, 5.74) is 2.40. The Morgan fingerprint density at radius 3 is 2.32 bits per heavy atom. The quantitative estimate of drug-likeness (QED) is 0.334. The zero-order valence-corrected chi connectivity index (χ0v) is 21.4. The topological polar surface area (TPSA) is 86.7 Å². The van der Waals surface area contributed by atoms with Crippen LogP contribution in [0, 0.1) is 5.92 Å². The van der Waals surface area contributed by atoms with Gasteiger partial charge in [0, 0.05) is 31.6 Å². The molecule has 0 spiro atoms. The maximum atomic E-state index is 13.5. The minimum Gasteiger partial charge on any atom is -0.478 e. The summed E-state index contributed by atoms with van der Waals surface area (Å²) in [6.45, 7) is 3.57. The average molecular weight is 515 g/mol. The van der Waals surface area contributed by atoms with E-state index in [4.69, 9.17) is 5.11 Å². The molecule has 2 N–H and O–H groups in total. The first-order chi connectivity index (χ1) is 17.8. The number of carboxylic acid groups (broad SMARTS) is 1. The van der Waals surface area contributed by atoms with E-state index in [1.54, 1.807) is 0 Å². The molecule has 1 saturated heterocycles. The molecule has 1 fully saturated rings. The van der Waals surface area contributed by atoms with E-state index in [1.165, 1.54) is 44.9 Å². The number of nitrogens with zero attached hydrogens (tertiary/aromatic N) is 1. The number of nitrogens with one attached hydrogen (secondary N) is 1. The summed E-state index contributed by atoms with van der Waals surface area (Å²) in [5, 5.41) is 15.3. The van der Waals surface area contributed by atoms with Gasteiger partial charge < -0.3 is 10.4 Å². The highest BCUT2D eigenvalue weighted by Crippen LogP contribution is 2.36. The third kappa shape index (κ3) is 5.16. The first kappa shape index (κ1) is 25.1. The Bertz CT molecular complexity index is 1500. The lowest BCUT2D eigenvalue weighted by Crippen LogP contribution is -2.32. The first-order valence-electron chi connectivity index (χ1n) is 12.4. The lowest BCUT2D eigenvalue weighted by atomic mass is 9.88. The van der Waals surface area contributed by atoms with Gasteiger partial charge in [-0.25, -0.2) is 13.2 Å². The van der Waals surface area contributed by atoms with Crippen LogP contribution < -0.4 is 5.32 Å². The fraction of sp³-hybridized carbons (Fsp3) is 0.233. The van der Waals surface area contributed by atoms with Crippen LogP contribution in [0.3, 0.4) is 0 Å². The van der Waals surface area contributed by atoms with Gasteiger partial charge in [-0.05, 0) is 59.0 Å². The highest BCUT2D eigenvalue weighted by Gasteiger charge is 2.40. The van der Waals surface area contributed by atoms with Crippen LogP contribution in [0.5, 0.6) is 0 Å². The third-order valence-electron chi connectivity index (χ3n) is 7.35. The zero-order valence-electron chi connectivity index (χ0n) is 20.6. The number of carboxylic acids is 1. The van der Waals surface area contributed by atoms with Gasteiger partial charge in [0.05, 0.1) is 10.5 Å². The third-order valence-corrected chi connectivity index (χ3v) is 9.20. The maximum Gasteiger partial charge on any atom is 0.335 e. The molecular weight excluding hydrogens is 484 g/mol. The number of benzene rings is 4. The Morgan fingerprint density at radius 2 is 1.59 bits per heavy atom. The van der Waals surface area contributed by atoms with Crippen LogP contribution >= 0.6 is 0 Å². The molecular formula is C30H30N2O4S. The summed E-state index contributed by atoms with van der Waals surface area (Å²) in [6.07, 6.45) is 0. The van der Waals surface area contributed by atoms with E-state index in [2.05, 4.69) is 54.7 Å². The minimum atomic E-state index is -3.76. The van der Waals surface area contributed by atoms with E-state index >= 15 is 0 Å². The van der Waals surface area contributed by atoms with Gasteiger partial charge in [-0.2, -0.15) is 4.31 Å². The summed E-state index contributed by atoms with van der Waals surface area (Å²) in [6, 6.07) is 30.2. The van der Waals surface area contributed by atoms with Crippen molar-refractivity contribution in [3.8, 4) is 0 Å². The monoisotopic (exact) mass is 514 g/mol. The van der Waals surface area contributed by atoms with Crippen molar-refractivity contribution >= 4 is 26.8 Å². The van der Waals surface area contributed by atoms with Crippen molar-refractivity contribution < 1.29 is 18.3 Å². The predicted molar refractivity (Wildman–Crippen MR) is 145 cm³/mol. The molecule has 0 radical (unpaired) electrons. The standard InChI is InChI=1S/C30H30N2O4S/c1-21(27-13-7-11-22-10-5-6-12-28(22)27)31-18-25-19-32(20-29(25)23-8-3-2-4-9-23)37(35,36)26-16-14-24(15-17-26)30(33)34/h2-17,21,25,29,31H,18-20H2,1H3,(H,33,34)/t21-,25-,29-/m1/s1. The van der Waals surface area contributed by atoms with Gasteiger partial charge in [0.15, 0.2) is 0 Å². The number of sulfonamides is 1. The molecule has 1 aliphatic heterocycles. The van der Waals surface area contributed by atoms with E-state index in [1.807, 2.05) is 30.3 Å². The molecule has 0 bridgehead atoms. The molecule has 190 valence electrons. The Balaban J connectivity index is 1.38. The number of carbonyl (C=O) groups is 1. The van der Waals surface area contributed by atoms with Gasteiger partial charge in [-0.15, -0.1) is 0 Å². The van der Waals surface area contributed by atoms with Gasteiger partial charge in [-0.1, -0.05) is 72.8 Å². The number of fused-ring (bicyclic) bond motifs is 1. The molecule has 0 aromatic heterocycles. The van der Waals surface area contributed by atoms with Crippen molar-refractivity contribution in [2.75, 3.05) is 19.6 Å². The van der Waals surface area contributed by atoms with Crippen LogP contribution in [0.15, 0.2) is 102 Å². The van der Waals surface area contributed by atoms with Crippen molar-refractivity contribution in [3.05, 3.63) is 114 Å². The molecule has 5 rings (SSSR count). The van der Waals surface area contributed by atoms with Crippen molar-refractivity contribution in [1.29, 1.82) is 0 Å². The van der Waals surface area contributed by atoms with Crippen LogP contribution in [0.25, 0.3) is 10.8 Å². The van der Waals surface area contributed by atoms with Gasteiger partial charge in [0.25, 0.3) is 0 Å². The van der Waals surface area contributed by atoms with Gasteiger partial charge in [0.1, 0.15) is 0 Å². The molecule has 0 unspecified atom stereocenters. The zero-order chi connectivity index (χ0) is 26.0. The Morgan fingerprint density at radius 1 is 0.919 bits per heavy atom. The van der Waals surface area contributed by atoms with E-state index in [0.717, 1.165) is 5.56 Å². The summed E-state index contributed by atoms with van der Waals surface area (Å²) in [7, 11) is -3.76. The van der Waals surface area contributed by atoms with Gasteiger partial charge >= 0.3 is 5.97 Å². The van der Waals surface area contributed by atoms with Crippen molar-refractivity contribution in [2.45, 2.75) is 23.8 Å². The molecule has 37 heavy (non-hydrogen) atoms. The van der Waals surface area contributed by atoms with Crippen LogP contribution in [0.2, 0.25) is 0 Å². The predicted octanol–water partition coefficient (Wildman–Crippen LogP) is 5.29. The van der Waals surface area contributed by atoms with Crippen LogP contribution in [0.1, 0.15) is 40.4 Å². The van der Waals surface area contributed by atoms with E-state index in [-0.39, 0.29) is 28.3 Å². The molecule has 4 aromatic carbocycles. The SMILES string of the molecule is C[C@@H](NC[C@@H]1CN(S(=O)(=O)c2ccc(C(=O)O)cc2)C[C@@H]1c1ccccc1)c1cccc2ccccc12. The van der Waals surface area contributed by atoms with Crippen molar-refractivity contribution in [1.82, 2.24) is 9.62 Å². The number of hydrogen-bond acceptors (Lipinski definition) is 4. The fourth-order valence-electron chi connectivity index (χ4n) is 5.30. The van der Waals surface area contributed by atoms with Gasteiger partial charge in [-0.3, -0.25) is 0 Å².